The van der Waals surface area contributed by atoms with Gasteiger partial charge in [-0.2, -0.15) is 5.10 Å². The van der Waals surface area contributed by atoms with Gasteiger partial charge in [-0.15, -0.1) is 0 Å². The minimum Gasteiger partial charge on any atom is -0.481 e. The maximum atomic E-state index is 13.9. The molecule has 0 bridgehead atoms. The van der Waals surface area contributed by atoms with Gasteiger partial charge in [0.2, 0.25) is 5.88 Å². The first-order valence-electron chi connectivity index (χ1n) is 10.4. The Hall–Kier alpha value is -3.47. The second-order valence-corrected chi connectivity index (χ2v) is 7.94. The van der Waals surface area contributed by atoms with Crippen LogP contribution in [0.15, 0.2) is 30.7 Å². The first-order chi connectivity index (χ1) is 15.5. The average molecular weight is 442 g/mol. The molecule has 5 heterocycles. The highest BCUT2D eigenvalue weighted by Gasteiger charge is 2.38. The lowest BCUT2D eigenvalue weighted by Gasteiger charge is -2.42. The first kappa shape index (κ1) is 20.4. The summed E-state index contributed by atoms with van der Waals surface area (Å²) >= 11 is 0. The number of piperazine rings is 1. The second kappa shape index (κ2) is 8.23. The Morgan fingerprint density at radius 3 is 2.94 bits per heavy atom. The number of rotatable bonds is 4. The summed E-state index contributed by atoms with van der Waals surface area (Å²) in [4.78, 5) is 24.2. The Labute approximate surface area is 183 Å². The summed E-state index contributed by atoms with van der Waals surface area (Å²) in [5, 5.41) is 14.0. The van der Waals surface area contributed by atoms with Crippen LogP contribution in [0.3, 0.4) is 0 Å². The third kappa shape index (κ3) is 3.58. The molecule has 2 fully saturated rings. The molecule has 5 rings (SSSR count). The van der Waals surface area contributed by atoms with Gasteiger partial charge in [-0.05, 0) is 18.6 Å². The Morgan fingerprint density at radius 1 is 1.31 bits per heavy atom. The second-order valence-electron chi connectivity index (χ2n) is 7.94. The molecular weight excluding hydrogens is 419 g/mol. The molecule has 0 saturated carbocycles. The number of hydrogen-bond donors (Lipinski definition) is 1. The quantitative estimate of drug-likeness (QED) is 0.655. The monoisotopic (exact) mass is 442 g/mol. The molecule has 2 atom stereocenters. The van der Waals surface area contributed by atoms with Crippen molar-refractivity contribution in [1.29, 1.82) is 0 Å². The highest BCUT2D eigenvalue weighted by Crippen LogP contribution is 2.32. The Bertz CT molecular complexity index is 1150. The van der Waals surface area contributed by atoms with Crippen molar-refractivity contribution in [3.8, 4) is 17.0 Å². The number of carboxylic acid groups (broad SMARTS) is 1. The maximum absolute atomic E-state index is 13.9. The van der Waals surface area contributed by atoms with Crippen molar-refractivity contribution in [2.75, 3.05) is 44.9 Å². The standard InChI is InChI=1S/C21H23FN6O4/c1-31-20-15(8-14(22)9-23-20)16-10-24-28-4-2-18(25-19(16)28)26-5-6-27(21(29)30)17(11-26)13-3-7-32-12-13/h2,4,8-10,13,17H,3,5-7,11-12H2,1H3,(H,29,30)/t13?,17-/m0/s1. The highest BCUT2D eigenvalue weighted by molar-refractivity contribution is 5.80. The Balaban J connectivity index is 1.49. The van der Waals surface area contributed by atoms with Crippen LogP contribution >= 0.6 is 0 Å². The molecule has 1 unspecified atom stereocenters. The lowest BCUT2D eigenvalue weighted by molar-refractivity contribution is 0.0894. The minimum absolute atomic E-state index is 0.158. The molecule has 0 aromatic carbocycles. The van der Waals surface area contributed by atoms with E-state index in [-0.39, 0.29) is 17.8 Å². The van der Waals surface area contributed by atoms with Gasteiger partial charge in [-0.3, -0.25) is 0 Å². The molecule has 10 nitrogen and oxygen atoms in total. The van der Waals surface area contributed by atoms with Crippen molar-refractivity contribution in [2.24, 2.45) is 5.92 Å². The van der Waals surface area contributed by atoms with Crippen LogP contribution in [0.1, 0.15) is 6.42 Å². The van der Waals surface area contributed by atoms with Crippen LogP contribution < -0.4 is 9.64 Å². The number of hydrogen-bond acceptors (Lipinski definition) is 7. The van der Waals surface area contributed by atoms with Crippen LogP contribution in [-0.2, 0) is 4.74 Å². The zero-order valence-corrected chi connectivity index (χ0v) is 17.5. The van der Waals surface area contributed by atoms with Gasteiger partial charge in [0, 0.05) is 38.4 Å². The number of aromatic nitrogens is 4. The molecule has 168 valence electrons. The number of fused-ring (bicyclic) bond motifs is 1. The fourth-order valence-electron chi connectivity index (χ4n) is 4.52. The van der Waals surface area contributed by atoms with Crippen molar-refractivity contribution >= 4 is 17.6 Å². The summed E-state index contributed by atoms with van der Waals surface area (Å²) in [6, 6.07) is 3.03. The van der Waals surface area contributed by atoms with Gasteiger partial charge in [0.05, 0.1) is 43.3 Å². The summed E-state index contributed by atoms with van der Waals surface area (Å²) in [5.74, 6) is 0.662. The van der Waals surface area contributed by atoms with E-state index in [1.165, 1.54) is 18.1 Å². The number of methoxy groups -OCH3 is 1. The fourth-order valence-corrected chi connectivity index (χ4v) is 4.52. The molecule has 11 heteroatoms. The smallest absolute Gasteiger partial charge is 0.407 e. The molecule has 3 aromatic rings. The van der Waals surface area contributed by atoms with Gasteiger partial charge < -0.3 is 24.4 Å². The van der Waals surface area contributed by atoms with E-state index in [4.69, 9.17) is 14.5 Å². The molecule has 0 aliphatic carbocycles. The number of halogens is 1. The van der Waals surface area contributed by atoms with E-state index in [1.54, 1.807) is 16.9 Å². The molecule has 0 spiro atoms. The van der Waals surface area contributed by atoms with E-state index in [9.17, 15) is 14.3 Å². The van der Waals surface area contributed by atoms with Crippen LogP contribution in [0.5, 0.6) is 5.88 Å². The van der Waals surface area contributed by atoms with Crippen molar-refractivity contribution < 1.29 is 23.8 Å². The van der Waals surface area contributed by atoms with Crippen molar-refractivity contribution in [2.45, 2.75) is 12.5 Å². The molecule has 3 aromatic heterocycles. The molecule has 1 amide bonds. The molecule has 32 heavy (non-hydrogen) atoms. The topological polar surface area (TPSA) is 105 Å². The maximum Gasteiger partial charge on any atom is 0.407 e. The van der Waals surface area contributed by atoms with Crippen molar-refractivity contribution in [3.63, 3.8) is 0 Å². The predicted octanol–water partition coefficient (Wildman–Crippen LogP) is 2.14. The van der Waals surface area contributed by atoms with E-state index in [2.05, 4.69) is 15.0 Å². The number of ether oxygens (including phenoxy) is 2. The molecule has 0 radical (unpaired) electrons. The van der Waals surface area contributed by atoms with Crippen LogP contribution in [0.4, 0.5) is 15.0 Å². The zero-order chi connectivity index (χ0) is 22.2. The molecule has 1 N–H and O–H groups in total. The molecular formula is C21H23FN6O4. The van der Waals surface area contributed by atoms with Gasteiger partial charge in [0.15, 0.2) is 5.65 Å². The van der Waals surface area contributed by atoms with Gasteiger partial charge >= 0.3 is 6.09 Å². The first-order valence-corrected chi connectivity index (χ1v) is 10.4. The van der Waals surface area contributed by atoms with Crippen molar-refractivity contribution in [1.82, 2.24) is 24.5 Å². The van der Waals surface area contributed by atoms with Crippen LogP contribution in [0, 0.1) is 11.7 Å². The summed E-state index contributed by atoms with van der Waals surface area (Å²) in [6.07, 6.45) is 4.42. The van der Waals surface area contributed by atoms with E-state index >= 15 is 0 Å². The minimum atomic E-state index is -0.909. The predicted molar refractivity (Wildman–Crippen MR) is 112 cm³/mol. The van der Waals surface area contributed by atoms with Gasteiger partial charge in [0.25, 0.3) is 0 Å². The third-order valence-corrected chi connectivity index (χ3v) is 6.15. The molecule has 2 aliphatic rings. The number of anilines is 1. The van der Waals surface area contributed by atoms with Gasteiger partial charge in [0.1, 0.15) is 11.6 Å². The van der Waals surface area contributed by atoms with Gasteiger partial charge in [-0.25, -0.2) is 23.7 Å². The van der Waals surface area contributed by atoms with E-state index in [1.807, 2.05) is 6.07 Å². The van der Waals surface area contributed by atoms with Crippen LogP contribution in [0.2, 0.25) is 0 Å². The lowest BCUT2D eigenvalue weighted by atomic mass is 9.95. The SMILES string of the molecule is COc1ncc(F)cc1-c1cnn2ccc(N3CCN(C(=O)O)[C@H](C4CCOC4)C3)nc12. The molecule has 2 saturated heterocycles. The largest absolute Gasteiger partial charge is 0.481 e. The number of carbonyl (C=O) groups is 1. The van der Waals surface area contributed by atoms with Crippen LogP contribution in [-0.4, -0.2) is 81.7 Å². The lowest BCUT2D eigenvalue weighted by Crippen LogP contribution is -2.58. The molecule has 2 aliphatic heterocycles. The summed E-state index contributed by atoms with van der Waals surface area (Å²) in [7, 11) is 1.48. The van der Waals surface area contributed by atoms with Crippen LogP contribution in [0.25, 0.3) is 16.8 Å². The average Bonchev–Trinajstić information content (AvgIpc) is 3.48. The highest BCUT2D eigenvalue weighted by atomic mass is 19.1. The summed E-state index contributed by atoms with van der Waals surface area (Å²) in [5.41, 5.74) is 1.60. The third-order valence-electron chi connectivity index (χ3n) is 6.15. The van der Waals surface area contributed by atoms with E-state index < -0.39 is 11.9 Å². The van der Waals surface area contributed by atoms with Gasteiger partial charge in [-0.1, -0.05) is 0 Å². The summed E-state index contributed by atoms with van der Waals surface area (Å²) in [6.45, 7) is 2.65. The Kier molecular flexibility index (Phi) is 5.25. The number of nitrogens with zero attached hydrogens (tertiary/aromatic N) is 6. The fraction of sp³-hybridized carbons (Fsp3) is 0.429. The van der Waals surface area contributed by atoms with E-state index in [0.29, 0.717) is 55.4 Å². The normalized spacial score (nSPS) is 21.3. The number of amides is 1. The number of pyridine rings is 1. The van der Waals surface area contributed by atoms with Crippen molar-refractivity contribution in [3.05, 3.63) is 36.5 Å². The summed E-state index contributed by atoms with van der Waals surface area (Å²) < 4.78 is 26.3. The zero-order valence-electron chi connectivity index (χ0n) is 17.5. The Morgan fingerprint density at radius 2 is 2.19 bits per heavy atom. The van der Waals surface area contributed by atoms with E-state index in [0.717, 1.165) is 12.6 Å².